The first kappa shape index (κ1) is 35.2. The lowest BCUT2D eigenvalue weighted by molar-refractivity contribution is -0.335. The molecule has 1 saturated carbocycles. The van der Waals surface area contributed by atoms with Gasteiger partial charge < -0.3 is 9.47 Å². The number of hydrogen-bond donors (Lipinski definition) is 0. The molecular weight excluding hydrogens is 487 g/mol. The lowest BCUT2D eigenvalue weighted by Crippen LogP contribution is -2.55. The normalized spacial score (nSPS) is 24.5. The molecule has 1 fully saturated rings. The summed E-state index contributed by atoms with van der Waals surface area (Å²) in [6, 6.07) is 2.53. The molecule has 0 amide bonds. The molecule has 5 atom stereocenters. The molecule has 0 aromatic heterocycles. The number of nitriles is 1. The molecule has 0 aromatic carbocycles. The average molecular weight is 546 g/mol. The summed E-state index contributed by atoms with van der Waals surface area (Å²) in [6.07, 6.45) is -0.980. The standard InChI is InChI=1S/C32H58F3NO2/c1-13-14-18-37-23(2)38-31(32(33,34)35)17-15-16-24(19-31)26(21-27(3,4)5)30(11,12)29(9,10)20-25(22-36)28(6,7)8/h23-26H,13-21H2,1-12H3. The van der Waals surface area contributed by atoms with Gasteiger partial charge in [0, 0.05) is 6.61 Å². The first-order chi connectivity index (χ1) is 17.0. The lowest BCUT2D eigenvalue weighted by atomic mass is 9.51. The van der Waals surface area contributed by atoms with E-state index in [0.29, 0.717) is 19.4 Å². The van der Waals surface area contributed by atoms with Crippen molar-refractivity contribution in [2.45, 2.75) is 153 Å². The van der Waals surface area contributed by atoms with Crippen molar-refractivity contribution in [3.8, 4) is 6.07 Å². The Labute approximate surface area is 232 Å². The monoisotopic (exact) mass is 545 g/mol. The summed E-state index contributed by atoms with van der Waals surface area (Å²) in [5, 5.41) is 9.98. The number of unbranched alkanes of at least 4 members (excludes halogenated alkanes) is 1. The van der Waals surface area contributed by atoms with E-state index in [1.165, 1.54) is 0 Å². The van der Waals surface area contributed by atoms with Crippen LogP contribution in [0.1, 0.15) is 134 Å². The number of hydrogen-bond acceptors (Lipinski definition) is 3. The van der Waals surface area contributed by atoms with Crippen LogP contribution in [0.5, 0.6) is 0 Å². The zero-order valence-electron chi connectivity index (χ0n) is 26.6. The van der Waals surface area contributed by atoms with Crippen LogP contribution in [0.3, 0.4) is 0 Å². The van der Waals surface area contributed by atoms with Crippen LogP contribution in [-0.2, 0) is 9.47 Å². The molecule has 38 heavy (non-hydrogen) atoms. The van der Waals surface area contributed by atoms with Crippen molar-refractivity contribution in [1.29, 1.82) is 5.26 Å². The lowest BCUT2D eigenvalue weighted by Gasteiger charge is -2.55. The summed E-state index contributed by atoms with van der Waals surface area (Å²) in [4.78, 5) is 0. The van der Waals surface area contributed by atoms with E-state index in [-0.39, 0.29) is 52.3 Å². The molecule has 1 rings (SSSR count). The third-order valence-corrected chi connectivity index (χ3v) is 9.49. The van der Waals surface area contributed by atoms with Crippen molar-refractivity contribution in [3.05, 3.63) is 0 Å². The van der Waals surface area contributed by atoms with E-state index in [1.807, 2.05) is 6.92 Å². The quantitative estimate of drug-likeness (QED) is 0.181. The van der Waals surface area contributed by atoms with Crippen molar-refractivity contribution in [2.24, 2.45) is 39.4 Å². The summed E-state index contributed by atoms with van der Waals surface area (Å²) in [7, 11) is 0. The molecule has 0 radical (unpaired) electrons. The molecule has 3 nitrogen and oxygen atoms in total. The highest BCUT2D eigenvalue weighted by atomic mass is 19.4. The Hall–Kier alpha value is -0.800. The van der Waals surface area contributed by atoms with E-state index in [1.54, 1.807) is 6.92 Å². The first-order valence-electron chi connectivity index (χ1n) is 14.8. The summed E-state index contributed by atoms with van der Waals surface area (Å²) in [6.45, 7) is 25.7. The highest BCUT2D eigenvalue weighted by molar-refractivity contribution is 5.04. The van der Waals surface area contributed by atoms with Crippen molar-refractivity contribution in [1.82, 2.24) is 0 Å². The number of nitrogens with zero attached hydrogens (tertiary/aromatic N) is 1. The van der Waals surface area contributed by atoms with Crippen LogP contribution in [0.25, 0.3) is 0 Å². The molecule has 0 aromatic rings. The zero-order chi connectivity index (χ0) is 29.8. The summed E-state index contributed by atoms with van der Waals surface area (Å²) in [5.74, 6) is -0.243. The van der Waals surface area contributed by atoms with Gasteiger partial charge in [0.1, 0.15) is 0 Å². The van der Waals surface area contributed by atoms with Gasteiger partial charge in [0.05, 0.1) is 12.0 Å². The summed E-state index contributed by atoms with van der Waals surface area (Å²) < 4.78 is 55.8. The molecule has 1 aliphatic carbocycles. The highest BCUT2D eigenvalue weighted by Crippen LogP contribution is 2.59. The molecule has 0 N–H and O–H groups in total. The Morgan fingerprint density at radius 2 is 1.55 bits per heavy atom. The Balaban J connectivity index is 3.44. The SMILES string of the molecule is CCCCOC(C)OC1(C(F)(F)F)CCCC(C(CC(C)(C)C)C(C)(C)C(C)(C)CC(C#N)C(C)(C)C)C1. The number of halogens is 3. The van der Waals surface area contributed by atoms with Crippen molar-refractivity contribution < 1.29 is 22.6 Å². The maximum absolute atomic E-state index is 14.8. The molecule has 0 bridgehead atoms. The maximum Gasteiger partial charge on any atom is 0.417 e. The largest absolute Gasteiger partial charge is 0.417 e. The fourth-order valence-corrected chi connectivity index (χ4v) is 6.29. The van der Waals surface area contributed by atoms with E-state index in [2.05, 4.69) is 75.3 Å². The fourth-order valence-electron chi connectivity index (χ4n) is 6.29. The predicted molar refractivity (Wildman–Crippen MR) is 150 cm³/mol. The molecule has 0 saturated heterocycles. The minimum atomic E-state index is -4.47. The van der Waals surface area contributed by atoms with Crippen molar-refractivity contribution in [3.63, 3.8) is 0 Å². The maximum atomic E-state index is 14.8. The number of alkyl halides is 3. The minimum Gasteiger partial charge on any atom is -0.353 e. The fraction of sp³-hybridized carbons (Fsp3) is 0.969. The van der Waals surface area contributed by atoms with Gasteiger partial charge in [-0.3, -0.25) is 0 Å². The van der Waals surface area contributed by atoms with Gasteiger partial charge >= 0.3 is 6.18 Å². The summed E-state index contributed by atoms with van der Waals surface area (Å²) >= 11 is 0. The molecule has 5 unspecified atom stereocenters. The third-order valence-electron chi connectivity index (χ3n) is 9.49. The molecule has 0 heterocycles. The second kappa shape index (κ2) is 12.8. The first-order valence-corrected chi connectivity index (χ1v) is 14.8. The van der Waals surface area contributed by atoms with Gasteiger partial charge in [-0.05, 0) is 85.4 Å². The van der Waals surface area contributed by atoms with Crippen molar-refractivity contribution in [2.75, 3.05) is 6.61 Å². The molecule has 0 spiro atoms. The number of ether oxygens (including phenoxy) is 2. The third kappa shape index (κ3) is 9.12. The Morgan fingerprint density at radius 1 is 0.974 bits per heavy atom. The van der Waals surface area contributed by atoms with E-state index < -0.39 is 18.1 Å². The van der Waals surface area contributed by atoms with Gasteiger partial charge in [-0.2, -0.15) is 18.4 Å². The van der Waals surface area contributed by atoms with Crippen LogP contribution >= 0.6 is 0 Å². The zero-order valence-corrected chi connectivity index (χ0v) is 26.6. The van der Waals surface area contributed by atoms with Crippen molar-refractivity contribution >= 4 is 0 Å². The van der Waals surface area contributed by atoms with Crippen LogP contribution in [-0.4, -0.2) is 24.7 Å². The second-order valence-corrected chi connectivity index (χ2v) is 15.5. The van der Waals surface area contributed by atoms with Crippen LogP contribution in [0.4, 0.5) is 13.2 Å². The topological polar surface area (TPSA) is 42.2 Å². The molecule has 0 aliphatic heterocycles. The minimum absolute atomic E-state index is 0.0267. The smallest absolute Gasteiger partial charge is 0.353 e. The van der Waals surface area contributed by atoms with Crippen LogP contribution in [0, 0.1) is 50.7 Å². The summed E-state index contributed by atoms with van der Waals surface area (Å²) in [5.41, 5.74) is -2.97. The molecule has 6 heteroatoms. The Morgan fingerprint density at radius 3 is 2.00 bits per heavy atom. The van der Waals surface area contributed by atoms with Gasteiger partial charge in [-0.25, -0.2) is 0 Å². The van der Waals surface area contributed by atoms with Gasteiger partial charge in [-0.15, -0.1) is 0 Å². The number of rotatable bonds is 12. The van der Waals surface area contributed by atoms with E-state index >= 15 is 0 Å². The van der Waals surface area contributed by atoms with E-state index in [4.69, 9.17) is 9.47 Å². The van der Waals surface area contributed by atoms with Gasteiger partial charge in [-0.1, -0.05) is 82.6 Å². The van der Waals surface area contributed by atoms with Gasteiger partial charge in [0.2, 0.25) is 0 Å². The van der Waals surface area contributed by atoms with E-state index in [0.717, 1.165) is 25.7 Å². The Kier molecular flexibility index (Phi) is 11.9. The van der Waals surface area contributed by atoms with Gasteiger partial charge in [0.25, 0.3) is 0 Å². The van der Waals surface area contributed by atoms with Crippen LogP contribution < -0.4 is 0 Å². The predicted octanol–water partition coefficient (Wildman–Crippen LogP) is 10.3. The molecule has 224 valence electrons. The van der Waals surface area contributed by atoms with Crippen LogP contribution in [0.2, 0.25) is 0 Å². The van der Waals surface area contributed by atoms with Crippen LogP contribution in [0.15, 0.2) is 0 Å². The molecular formula is C32H58F3NO2. The second-order valence-electron chi connectivity index (χ2n) is 15.5. The van der Waals surface area contributed by atoms with Gasteiger partial charge in [0.15, 0.2) is 11.9 Å². The van der Waals surface area contributed by atoms with E-state index in [9.17, 15) is 18.4 Å². The molecule has 1 aliphatic rings. The highest BCUT2D eigenvalue weighted by Gasteiger charge is 2.60. The average Bonchev–Trinajstić information content (AvgIpc) is 2.73. The Bertz CT molecular complexity index is 770.